The molecule has 1 saturated heterocycles. The molecule has 0 radical (unpaired) electrons. The second-order valence-corrected chi connectivity index (χ2v) is 7.19. The van der Waals surface area contributed by atoms with Crippen molar-refractivity contribution in [3.8, 4) is 17.2 Å². The third kappa shape index (κ3) is 5.64. The summed E-state index contributed by atoms with van der Waals surface area (Å²) in [6.45, 7) is 4.25. The Balaban J connectivity index is 1.45. The molecule has 3 rings (SSSR count). The van der Waals surface area contributed by atoms with Gasteiger partial charge in [0.05, 0.1) is 21.3 Å². The molecular weight excluding hydrogens is 368 g/mol. The lowest BCUT2D eigenvalue weighted by molar-refractivity contribution is -0.133. The highest BCUT2D eigenvalue weighted by atomic mass is 16.5. The number of benzene rings is 2. The lowest BCUT2D eigenvalue weighted by Gasteiger charge is -2.35. The molecule has 1 aliphatic rings. The van der Waals surface area contributed by atoms with Gasteiger partial charge < -0.3 is 19.1 Å². The Morgan fingerprint density at radius 2 is 1.48 bits per heavy atom. The van der Waals surface area contributed by atoms with Crippen molar-refractivity contribution in [2.45, 2.75) is 19.4 Å². The number of ether oxygens (including phenoxy) is 3. The van der Waals surface area contributed by atoms with Crippen molar-refractivity contribution >= 4 is 5.91 Å². The van der Waals surface area contributed by atoms with Gasteiger partial charge in [-0.15, -0.1) is 0 Å². The van der Waals surface area contributed by atoms with Crippen LogP contribution in [-0.4, -0.2) is 63.2 Å². The molecule has 0 spiro atoms. The summed E-state index contributed by atoms with van der Waals surface area (Å²) < 4.78 is 15.8. The van der Waals surface area contributed by atoms with E-state index >= 15 is 0 Å². The fourth-order valence-corrected chi connectivity index (χ4v) is 3.59. The molecule has 2 aromatic carbocycles. The quantitative estimate of drug-likeness (QED) is 0.684. The first-order valence-electron chi connectivity index (χ1n) is 9.97. The largest absolute Gasteiger partial charge is 0.497 e. The van der Waals surface area contributed by atoms with Gasteiger partial charge in [-0.2, -0.15) is 0 Å². The standard InChI is InChI=1S/C23H30N2O4/c1-27-20-8-4-19(5-9-20)17-24-12-14-25(15-13-24)23(26)11-7-18-6-10-21(28-2)22(16-18)29-3/h4-6,8-10,16H,7,11-15,17H2,1-3H3. The Kier molecular flexibility index (Phi) is 7.36. The normalized spacial score (nSPS) is 14.5. The number of rotatable bonds is 8. The second kappa shape index (κ2) is 10.2. The van der Waals surface area contributed by atoms with Crippen LogP contribution in [0.15, 0.2) is 42.5 Å². The zero-order valence-corrected chi connectivity index (χ0v) is 17.5. The van der Waals surface area contributed by atoms with Gasteiger partial charge in [-0.05, 0) is 41.8 Å². The number of aryl methyl sites for hydroxylation is 1. The molecule has 1 heterocycles. The van der Waals surface area contributed by atoms with Gasteiger partial charge in [-0.3, -0.25) is 9.69 Å². The van der Waals surface area contributed by atoms with E-state index < -0.39 is 0 Å². The monoisotopic (exact) mass is 398 g/mol. The highest BCUT2D eigenvalue weighted by Gasteiger charge is 2.21. The van der Waals surface area contributed by atoms with Gasteiger partial charge in [0.2, 0.25) is 5.91 Å². The number of carbonyl (C=O) groups excluding carboxylic acids is 1. The summed E-state index contributed by atoms with van der Waals surface area (Å²) in [4.78, 5) is 17.0. The molecule has 156 valence electrons. The van der Waals surface area contributed by atoms with E-state index in [2.05, 4.69) is 17.0 Å². The van der Waals surface area contributed by atoms with E-state index in [1.807, 2.05) is 35.2 Å². The van der Waals surface area contributed by atoms with Gasteiger partial charge in [-0.25, -0.2) is 0 Å². The topological polar surface area (TPSA) is 51.2 Å². The molecule has 0 unspecified atom stereocenters. The molecule has 1 amide bonds. The summed E-state index contributed by atoms with van der Waals surface area (Å²) in [7, 11) is 4.92. The van der Waals surface area contributed by atoms with Crippen LogP contribution in [0.2, 0.25) is 0 Å². The van der Waals surface area contributed by atoms with Crippen LogP contribution in [0, 0.1) is 0 Å². The smallest absolute Gasteiger partial charge is 0.222 e. The van der Waals surface area contributed by atoms with Crippen molar-refractivity contribution in [2.75, 3.05) is 47.5 Å². The predicted octanol–water partition coefficient (Wildman–Crippen LogP) is 2.99. The zero-order valence-electron chi connectivity index (χ0n) is 17.5. The predicted molar refractivity (Wildman–Crippen MR) is 113 cm³/mol. The van der Waals surface area contributed by atoms with Crippen molar-refractivity contribution < 1.29 is 19.0 Å². The summed E-state index contributed by atoms with van der Waals surface area (Å²) in [6, 6.07) is 14.0. The van der Waals surface area contributed by atoms with Gasteiger partial charge in [0.15, 0.2) is 11.5 Å². The molecule has 29 heavy (non-hydrogen) atoms. The van der Waals surface area contributed by atoms with E-state index in [4.69, 9.17) is 14.2 Å². The average Bonchev–Trinajstić information content (AvgIpc) is 2.78. The van der Waals surface area contributed by atoms with Gasteiger partial charge in [0.25, 0.3) is 0 Å². The second-order valence-electron chi connectivity index (χ2n) is 7.19. The van der Waals surface area contributed by atoms with E-state index in [-0.39, 0.29) is 5.91 Å². The summed E-state index contributed by atoms with van der Waals surface area (Å²) in [5.74, 6) is 2.49. The van der Waals surface area contributed by atoms with Gasteiger partial charge in [-0.1, -0.05) is 18.2 Å². The maximum absolute atomic E-state index is 12.6. The van der Waals surface area contributed by atoms with Crippen molar-refractivity contribution in [1.82, 2.24) is 9.80 Å². The molecule has 1 fully saturated rings. The summed E-state index contributed by atoms with van der Waals surface area (Å²) in [6.07, 6.45) is 1.21. The molecule has 6 nitrogen and oxygen atoms in total. The average molecular weight is 399 g/mol. The number of piperazine rings is 1. The lowest BCUT2D eigenvalue weighted by Crippen LogP contribution is -2.48. The van der Waals surface area contributed by atoms with Crippen molar-refractivity contribution in [3.05, 3.63) is 53.6 Å². The van der Waals surface area contributed by atoms with Gasteiger partial charge in [0, 0.05) is 39.1 Å². The van der Waals surface area contributed by atoms with Crippen LogP contribution in [0.25, 0.3) is 0 Å². The molecule has 0 atom stereocenters. The molecule has 0 saturated carbocycles. The molecule has 0 aliphatic carbocycles. The van der Waals surface area contributed by atoms with Gasteiger partial charge >= 0.3 is 0 Å². The van der Waals surface area contributed by atoms with Crippen LogP contribution in [0.1, 0.15) is 17.5 Å². The molecule has 0 bridgehead atoms. The maximum atomic E-state index is 12.6. The Morgan fingerprint density at radius 3 is 2.10 bits per heavy atom. The third-order valence-corrected chi connectivity index (χ3v) is 5.37. The van der Waals surface area contributed by atoms with Crippen molar-refractivity contribution in [3.63, 3.8) is 0 Å². The molecule has 0 aromatic heterocycles. The van der Waals surface area contributed by atoms with Crippen LogP contribution in [0.5, 0.6) is 17.2 Å². The molecule has 2 aromatic rings. The van der Waals surface area contributed by atoms with E-state index in [9.17, 15) is 4.79 Å². The lowest BCUT2D eigenvalue weighted by atomic mass is 10.1. The Morgan fingerprint density at radius 1 is 0.828 bits per heavy atom. The number of amides is 1. The third-order valence-electron chi connectivity index (χ3n) is 5.37. The molecule has 6 heteroatoms. The first-order chi connectivity index (χ1) is 14.1. The minimum atomic E-state index is 0.212. The minimum absolute atomic E-state index is 0.212. The Hall–Kier alpha value is -2.73. The Labute approximate surface area is 173 Å². The fraction of sp³-hybridized carbons (Fsp3) is 0.435. The van der Waals surface area contributed by atoms with Crippen molar-refractivity contribution in [2.24, 2.45) is 0 Å². The van der Waals surface area contributed by atoms with Crippen molar-refractivity contribution in [1.29, 1.82) is 0 Å². The minimum Gasteiger partial charge on any atom is -0.497 e. The number of carbonyl (C=O) groups is 1. The van der Waals surface area contributed by atoms with Crippen LogP contribution in [-0.2, 0) is 17.8 Å². The van der Waals surface area contributed by atoms with E-state index in [1.165, 1.54) is 5.56 Å². The fourth-order valence-electron chi connectivity index (χ4n) is 3.59. The van der Waals surface area contributed by atoms with Crippen LogP contribution in [0.4, 0.5) is 0 Å². The summed E-state index contributed by atoms with van der Waals surface area (Å²) >= 11 is 0. The van der Waals surface area contributed by atoms with Crippen LogP contribution in [0.3, 0.4) is 0 Å². The number of nitrogens with zero attached hydrogens (tertiary/aromatic N) is 2. The summed E-state index contributed by atoms with van der Waals surface area (Å²) in [5, 5.41) is 0. The van der Waals surface area contributed by atoms with E-state index in [1.54, 1.807) is 21.3 Å². The first-order valence-corrected chi connectivity index (χ1v) is 9.97. The number of methoxy groups -OCH3 is 3. The van der Waals surface area contributed by atoms with Crippen LogP contribution < -0.4 is 14.2 Å². The van der Waals surface area contributed by atoms with E-state index in [0.717, 1.165) is 44.0 Å². The molecule has 0 N–H and O–H groups in total. The molecule has 1 aliphatic heterocycles. The van der Waals surface area contributed by atoms with Crippen LogP contribution >= 0.6 is 0 Å². The highest BCUT2D eigenvalue weighted by Crippen LogP contribution is 2.28. The zero-order chi connectivity index (χ0) is 20.6. The maximum Gasteiger partial charge on any atom is 0.222 e. The number of hydrogen-bond donors (Lipinski definition) is 0. The molecular formula is C23H30N2O4. The highest BCUT2D eigenvalue weighted by molar-refractivity contribution is 5.76. The number of hydrogen-bond acceptors (Lipinski definition) is 5. The van der Waals surface area contributed by atoms with E-state index in [0.29, 0.717) is 24.3 Å². The van der Waals surface area contributed by atoms with Gasteiger partial charge in [0.1, 0.15) is 5.75 Å². The SMILES string of the molecule is COc1ccc(CN2CCN(C(=O)CCc3ccc(OC)c(OC)c3)CC2)cc1. The Bertz CT molecular complexity index is 799. The first kappa shape index (κ1) is 21.0. The summed E-state index contributed by atoms with van der Waals surface area (Å²) in [5.41, 5.74) is 2.34.